The summed E-state index contributed by atoms with van der Waals surface area (Å²) in [5.41, 5.74) is 4.98. The van der Waals surface area contributed by atoms with Gasteiger partial charge in [-0.2, -0.15) is 0 Å². The van der Waals surface area contributed by atoms with Crippen LogP contribution < -0.4 is 5.46 Å². The van der Waals surface area contributed by atoms with Crippen molar-refractivity contribution in [2.75, 3.05) is 0 Å². The van der Waals surface area contributed by atoms with E-state index in [-0.39, 0.29) is 0 Å². The van der Waals surface area contributed by atoms with Crippen molar-refractivity contribution in [3.8, 4) is 22.3 Å². The van der Waals surface area contributed by atoms with Crippen LogP contribution in [-0.4, -0.2) is 17.2 Å². The van der Waals surface area contributed by atoms with Crippen molar-refractivity contribution < 1.29 is 10.0 Å². The summed E-state index contributed by atoms with van der Waals surface area (Å²) in [4.78, 5) is 0. The van der Waals surface area contributed by atoms with Gasteiger partial charge in [0.1, 0.15) is 0 Å². The van der Waals surface area contributed by atoms with Gasteiger partial charge in [0.05, 0.1) is 0 Å². The molecule has 0 spiro atoms. The molecule has 0 radical (unpaired) electrons. The number of benzene rings is 6. The van der Waals surface area contributed by atoms with E-state index in [0.29, 0.717) is 5.46 Å². The molecule has 0 saturated heterocycles. The van der Waals surface area contributed by atoms with Crippen LogP contribution in [0.4, 0.5) is 0 Å². The predicted octanol–water partition coefficient (Wildman–Crippen LogP) is 6.16. The van der Waals surface area contributed by atoms with Crippen LogP contribution >= 0.6 is 0 Å². The monoisotopic (exact) mass is 424 g/mol. The maximum absolute atomic E-state index is 9.30. The Morgan fingerprint density at radius 3 is 1.21 bits per heavy atom. The summed E-state index contributed by atoms with van der Waals surface area (Å²) < 4.78 is 0. The Morgan fingerprint density at radius 1 is 0.364 bits per heavy atom. The summed E-state index contributed by atoms with van der Waals surface area (Å²) in [6.45, 7) is 0. The van der Waals surface area contributed by atoms with Crippen molar-refractivity contribution in [3.05, 3.63) is 115 Å². The van der Waals surface area contributed by atoms with Gasteiger partial charge in [0.2, 0.25) is 0 Å². The molecule has 0 atom stereocenters. The zero-order valence-electron chi connectivity index (χ0n) is 17.9. The molecule has 0 aliphatic heterocycles. The fourth-order valence-corrected chi connectivity index (χ4v) is 4.79. The van der Waals surface area contributed by atoms with Crippen molar-refractivity contribution in [1.82, 2.24) is 0 Å². The lowest BCUT2D eigenvalue weighted by molar-refractivity contribution is 0.426. The average molecular weight is 424 g/mol. The van der Waals surface area contributed by atoms with Gasteiger partial charge in [-0.1, -0.05) is 109 Å². The molecule has 33 heavy (non-hydrogen) atoms. The molecule has 0 unspecified atom stereocenters. The van der Waals surface area contributed by atoms with Gasteiger partial charge in [-0.05, 0) is 66.1 Å². The van der Waals surface area contributed by atoms with Gasteiger partial charge in [-0.3, -0.25) is 0 Å². The number of rotatable bonds is 3. The molecule has 6 aromatic rings. The minimum absolute atomic E-state index is 0.492. The van der Waals surface area contributed by atoms with E-state index < -0.39 is 7.12 Å². The number of hydrogen-bond donors (Lipinski definition) is 2. The van der Waals surface area contributed by atoms with Gasteiger partial charge < -0.3 is 10.0 Å². The lowest BCUT2D eigenvalue weighted by Crippen LogP contribution is -2.29. The smallest absolute Gasteiger partial charge is 0.423 e. The second-order valence-corrected chi connectivity index (χ2v) is 8.42. The van der Waals surface area contributed by atoms with Gasteiger partial charge in [0.25, 0.3) is 0 Å². The highest BCUT2D eigenvalue weighted by molar-refractivity contribution is 6.58. The van der Waals surface area contributed by atoms with Gasteiger partial charge >= 0.3 is 7.12 Å². The molecular formula is C30H21BO2. The predicted molar refractivity (Wildman–Crippen MR) is 140 cm³/mol. The van der Waals surface area contributed by atoms with E-state index in [1.165, 1.54) is 43.4 Å². The van der Waals surface area contributed by atoms with Gasteiger partial charge in [0.15, 0.2) is 0 Å². The Balaban J connectivity index is 1.45. The van der Waals surface area contributed by atoms with Gasteiger partial charge in [-0.25, -0.2) is 0 Å². The molecular weight excluding hydrogens is 403 g/mol. The summed E-state index contributed by atoms with van der Waals surface area (Å²) in [5.74, 6) is 0. The van der Waals surface area contributed by atoms with Crippen molar-refractivity contribution in [2.24, 2.45) is 0 Å². The lowest BCUT2D eigenvalue weighted by Gasteiger charge is -2.12. The molecule has 0 fully saturated rings. The molecule has 0 aliphatic carbocycles. The Bertz CT molecular complexity index is 1580. The minimum atomic E-state index is -1.44. The third-order valence-corrected chi connectivity index (χ3v) is 6.50. The zero-order valence-corrected chi connectivity index (χ0v) is 17.9. The maximum Gasteiger partial charge on any atom is 0.488 e. The fourth-order valence-electron chi connectivity index (χ4n) is 4.79. The molecule has 6 aromatic carbocycles. The number of hydrogen-bond acceptors (Lipinski definition) is 2. The first-order valence-electron chi connectivity index (χ1n) is 11.1. The summed E-state index contributed by atoms with van der Waals surface area (Å²) in [7, 11) is -1.44. The third-order valence-electron chi connectivity index (χ3n) is 6.50. The summed E-state index contributed by atoms with van der Waals surface area (Å²) in [5, 5.41) is 26.3. The van der Waals surface area contributed by atoms with E-state index >= 15 is 0 Å². The molecule has 6 rings (SSSR count). The second kappa shape index (κ2) is 7.89. The molecule has 0 aliphatic rings. The minimum Gasteiger partial charge on any atom is -0.423 e. The van der Waals surface area contributed by atoms with Crippen LogP contribution in [0.15, 0.2) is 115 Å². The maximum atomic E-state index is 9.30. The number of fused-ring (bicyclic) bond motifs is 6. The van der Waals surface area contributed by atoms with Gasteiger partial charge in [0, 0.05) is 0 Å². The first kappa shape index (κ1) is 19.7. The first-order valence-corrected chi connectivity index (χ1v) is 11.1. The Morgan fingerprint density at radius 2 is 0.727 bits per heavy atom. The van der Waals surface area contributed by atoms with Crippen molar-refractivity contribution in [2.45, 2.75) is 0 Å². The molecule has 0 amide bonds. The molecule has 156 valence electrons. The van der Waals surface area contributed by atoms with Crippen LogP contribution in [0, 0.1) is 0 Å². The van der Waals surface area contributed by atoms with E-state index in [9.17, 15) is 10.0 Å². The summed E-state index contributed by atoms with van der Waals surface area (Å²) >= 11 is 0. The highest BCUT2D eigenvalue weighted by Gasteiger charge is 2.11. The van der Waals surface area contributed by atoms with E-state index in [2.05, 4.69) is 91.0 Å². The molecule has 3 heteroatoms. The van der Waals surface area contributed by atoms with Crippen LogP contribution in [0.2, 0.25) is 0 Å². The van der Waals surface area contributed by atoms with Crippen molar-refractivity contribution >= 4 is 44.9 Å². The van der Waals surface area contributed by atoms with Crippen LogP contribution in [0.25, 0.3) is 54.6 Å². The van der Waals surface area contributed by atoms with Crippen molar-refractivity contribution in [1.29, 1.82) is 0 Å². The molecule has 0 bridgehead atoms. The fraction of sp³-hybridized carbons (Fsp3) is 0. The molecule has 2 N–H and O–H groups in total. The zero-order chi connectivity index (χ0) is 22.4. The molecule has 0 heterocycles. The Kier molecular flexibility index (Phi) is 4.72. The average Bonchev–Trinajstić information content (AvgIpc) is 2.89. The largest absolute Gasteiger partial charge is 0.488 e. The van der Waals surface area contributed by atoms with E-state index in [0.717, 1.165) is 11.1 Å². The van der Waals surface area contributed by atoms with Crippen LogP contribution in [0.5, 0.6) is 0 Å². The SMILES string of the molecule is OB(O)c1ccc(-c2ccc(-c3ccc4c5ccccc5c5ccccc5c4c3)cc2)cc1. The Hall–Kier alpha value is -3.92. The van der Waals surface area contributed by atoms with E-state index in [4.69, 9.17) is 0 Å². The summed E-state index contributed by atoms with van der Waals surface area (Å²) in [6.07, 6.45) is 0. The van der Waals surface area contributed by atoms with E-state index in [1.807, 2.05) is 12.1 Å². The van der Waals surface area contributed by atoms with Gasteiger partial charge in [-0.15, -0.1) is 0 Å². The third kappa shape index (κ3) is 3.39. The second-order valence-electron chi connectivity index (χ2n) is 8.42. The van der Waals surface area contributed by atoms with Crippen LogP contribution in [0.3, 0.4) is 0 Å². The standard InChI is InChI=1S/C30H21BO2/c32-31(33)24-16-13-21(14-17-24)20-9-11-22(12-10-20)23-15-18-29-27-7-2-1-5-25(27)26-6-3-4-8-28(26)30(29)19-23/h1-19,32-33H. The van der Waals surface area contributed by atoms with Crippen molar-refractivity contribution in [3.63, 3.8) is 0 Å². The highest BCUT2D eigenvalue weighted by atomic mass is 16.4. The highest BCUT2D eigenvalue weighted by Crippen LogP contribution is 2.37. The normalized spacial score (nSPS) is 11.3. The molecule has 0 aromatic heterocycles. The molecule has 2 nitrogen and oxygen atoms in total. The lowest BCUT2D eigenvalue weighted by atomic mass is 9.80. The van der Waals surface area contributed by atoms with E-state index in [1.54, 1.807) is 12.1 Å². The summed E-state index contributed by atoms with van der Waals surface area (Å²) in [6, 6.07) is 39.9. The van der Waals surface area contributed by atoms with Crippen LogP contribution in [-0.2, 0) is 0 Å². The Labute approximate surface area is 192 Å². The quantitative estimate of drug-likeness (QED) is 0.264. The molecule has 0 saturated carbocycles. The first-order chi connectivity index (χ1) is 16.2. The van der Waals surface area contributed by atoms with Crippen LogP contribution in [0.1, 0.15) is 0 Å². The topological polar surface area (TPSA) is 40.5 Å².